The van der Waals surface area contributed by atoms with E-state index in [2.05, 4.69) is 4.72 Å². The largest absolute Gasteiger partial charge is 0.598 e. The zero-order valence-electron chi connectivity index (χ0n) is 21.4. The molecule has 0 saturated carbocycles. The minimum Gasteiger partial charge on any atom is -0.598 e. The highest BCUT2D eigenvalue weighted by Crippen LogP contribution is 2.49. The van der Waals surface area contributed by atoms with Gasteiger partial charge in [0, 0.05) is 11.4 Å². The van der Waals surface area contributed by atoms with E-state index in [0.717, 1.165) is 0 Å². The fourth-order valence-electron chi connectivity index (χ4n) is 3.62. The van der Waals surface area contributed by atoms with E-state index >= 15 is 0 Å². The lowest BCUT2D eigenvalue weighted by Crippen LogP contribution is -2.49. The summed E-state index contributed by atoms with van der Waals surface area (Å²) in [6.45, 7) is 21.9. The van der Waals surface area contributed by atoms with Gasteiger partial charge in [-0.05, 0) is 88.3 Å². The van der Waals surface area contributed by atoms with E-state index in [1.54, 1.807) is 6.26 Å². The average molecular weight is 467 g/mol. The van der Waals surface area contributed by atoms with Crippen LogP contribution in [0.1, 0.15) is 88.0 Å². The quantitative estimate of drug-likeness (QED) is 0.488. The fourth-order valence-corrected chi connectivity index (χ4v) is 4.48. The Morgan fingerprint density at radius 3 is 1.56 bits per heavy atom. The van der Waals surface area contributed by atoms with Gasteiger partial charge in [0.15, 0.2) is 0 Å². The van der Waals surface area contributed by atoms with Gasteiger partial charge in [-0.15, -0.1) is 4.72 Å². The zero-order chi connectivity index (χ0) is 24.3. The molecule has 2 fully saturated rings. The second kappa shape index (κ2) is 8.33. The highest BCUT2D eigenvalue weighted by Gasteiger charge is 2.64. The molecule has 0 amide bonds. The second-order valence-corrected chi connectivity index (χ2v) is 13.8. The standard InChI is InChI=1S/C22H39B2NO6S/c1-18(2,3)32(26)25-16(15-13-12-14-27-15)17(23-28-19(4,5)20(6,7)29-23)24-30-21(8,9)22(10,11)31-24/h12-14,16-17,25H,1-11H3. The van der Waals surface area contributed by atoms with Gasteiger partial charge in [-0.2, -0.15) is 0 Å². The lowest BCUT2D eigenvalue weighted by molar-refractivity contribution is 0.00578. The Balaban J connectivity index is 2.06. The first-order valence-electron chi connectivity index (χ1n) is 11.3. The molecule has 7 nitrogen and oxygen atoms in total. The van der Waals surface area contributed by atoms with Crippen LogP contribution in [0.25, 0.3) is 0 Å². The fraction of sp³-hybridized carbons (Fsp3) is 0.818. The smallest absolute Gasteiger partial charge is 0.461 e. The third-order valence-corrected chi connectivity index (χ3v) is 8.78. The molecule has 1 N–H and O–H groups in total. The van der Waals surface area contributed by atoms with Crippen molar-refractivity contribution in [1.29, 1.82) is 0 Å². The highest BCUT2D eigenvalue weighted by molar-refractivity contribution is 7.90. The minimum atomic E-state index is -1.38. The Bertz CT molecular complexity index is 725. The number of furan rings is 1. The van der Waals surface area contributed by atoms with Crippen molar-refractivity contribution in [2.24, 2.45) is 0 Å². The third-order valence-electron chi connectivity index (χ3n) is 7.20. The molecule has 2 aliphatic rings. The summed E-state index contributed by atoms with van der Waals surface area (Å²) in [5.41, 5.74) is -2.67. The molecule has 0 aromatic carbocycles. The SMILES string of the molecule is CC(C)(C)[S+]([O-])NC(c1ccco1)C(B1OC(C)(C)C(C)(C)O1)B1OC(C)(C)C(C)(C)O1. The van der Waals surface area contributed by atoms with Crippen molar-refractivity contribution in [2.75, 3.05) is 0 Å². The first-order valence-corrected chi connectivity index (χ1v) is 12.5. The molecule has 0 radical (unpaired) electrons. The molecule has 2 aliphatic heterocycles. The topological polar surface area (TPSA) is 85.2 Å². The Kier molecular flexibility index (Phi) is 6.80. The van der Waals surface area contributed by atoms with Crippen molar-refractivity contribution in [3.8, 4) is 0 Å². The lowest BCUT2D eigenvalue weighted by Gasteiger charge is -2.33. The van der Waals surface area contributed by atoms with Gasteiger partial charge in [-0.3, -0.25) is 0 Å². The molecule has 180 valence electrons. The molecule has 2 saturated heterocycles. The van der Waals surface area contributed by atoms with Crippen molar-refractivity contribution in [3.05, 3.63) is 24.2 Å². The maximum absolute atomic E-state index is 13.2. The molecule has 2 atom stereocenters. The normalized spacial score (nSPS) is 26.0. The number of hydrogen-bond acceptors (Lipinski definition) is 7. The summed E-state index contributed by atoms with van der Waals surface area (Å²) in [7, 11) is -1.34. The average Bonchev–Trinajstić information content (AvgIpc) is 3.23. The second-order valence-electron chi connectivity index (χ2n) is 11.8. The number of nitrogens with one attached hydrogen (secondary N) is 1. The molecule has 0 spiro atoms. The Morgan fingerprint density at radius 2 is 1.25 bits per heavy atom. The maximum Gasteiger partial charge on any atom is 0.461 e. The van der Waals surface area contributed by atoms with E-state index < -0.39 is 64.5 Å². The zero-order valence-corrected chi connectivity index (χ0v) is 22.2. The number of rotatable bonds is 6. The van der Waals surface area contributed by atoms with Crippen LogP contribution in [0.15, 0.2) is 22.8 Å². The lowest BCUT2D eigenvalue weighted by atomic mass is 9.48. The van der Waals surface area contributed by atoms with Gasteiger partial charge in [-0.25, -0.2) is 0 Å². The van der Waals surface area contributed by atoms with Crippen LogP contribution >= 0.6 is 0 Å². The summed E-state index contributed by atoms with van der Waals surface area (Å²) in [6.07, 6.45) is 1.61. The van der Waals surface area contributed by atoms with Gasteiger partial charge >= 0.3 is 14.2 Å². The van der Waals surface area contributed by atoms with Crippen molar-refractivity contribution in [1.82, 2.24) is 4.72 Å². The third kappa shape index (κ3) is 4.83. The predicted octanol–water partition coefficient (Wildman–Crippen LogP) is 4.47. The van der Waals surface area contributed by atoms with Gasteiger partial charge in [0.05, 0.1) is 34.4 Å². The van der Waals surface area contributed by atoms with E-state index in [4.69, 9.17) is 23.0 Å². The first-order chi connectivity index (χ1) is 14.4. The molecule has 2 unspecified atom stereocenters. The van der Waals surface area contributed by atoms with Crippen LogP contribution in [-0.4, -0.2) is 45.9 Å². The van der Waals surface area contributed by atoms with Gasteiger partial charge in [-0.1, -0.05) is 0 Å². The molecular formula is C22H39B2NO6S. The Labute approximate surface area is 197 Å². The Morgan fingerprint density at radius 1 is 0.844 bits per heavy atom. The van der Waals surface area contributed by atoms with E-state index in [1.807, 2.05) is 88.3 Å². The van der Waals surface area contributed by atoms with Crippen LogP contribution in [0, 0.1) is 0 Å². The monoisotopic (exact) mass is 467 g/mol. The summed E-state index contributed by atoms with van der Waals surface area (Å²) in [4.78, 5) is 0. The van der Waals surface area contributed by atoms with Crippen molar-refractivity contribution in [2.45, 2.75) is 115 Å². The molecule has 3 heterocycles. The van der Waals surface area contributed by atoms with Crippen molar-refractivity contribution < 1.29 is 27.6 Å². The maximum atomic E-state index is 13.2. The highest BCUT2D eigenvalue weighted by atomic mass is 32.2. The van der Waals surface area contributed by atoms with Crippen LogP contribution in [0.3, 0.4) is 0 Å². The van der Waals surface area contributed by atoms with Crippen molar-refractivity contribution in [3.63, 3.8) is 0 Å². The minimum absolute atomic E-state index is 0.485. The van der Waals surface area contributed by atoms with E-state index in [0.29, 0.717) is 5.76 Å². The predicted molar refractivity (Wildman–Crippen MR) is 128 cm³/mol. The molecule has 1 aromatic rings. The molecule has 32 heavy (non-hydrogen) atoms. The number of hydrogen-bond donors (Lipinski definition) is 1. The van der Waals surface area contributed by atoms with E-state index in [9.17, 15) is 4.55 Å². The molecule has 0 aliphatic carbocycles. The van der Waals surface area contributed by atoms with E-state index in [-0.39, 0.29) is 0 Å². The van der Waals surface area contributed by atoms with Crippen LogP contribution in [0.4, 0.5) is 0 Å². The van der Waals surface area contributed by atoms with Gasteiger partial charge in [0.25, 0.3) is 0 Å². The van der Waals surface area contributed by atoms with Crippen LogP contribution in [0.2, 0.25) is 5.72 Å². The first kappa shape index (κ1) is 26.1. The van der Waals surface area contributed by atoms with Gasteiger partial charge in [0.2, 0.25) is 0 Å². The molecule has 1 aromatic heterocycles. The summed E-state index contributed by atoms with van der Waals surface area (Å²) >= 11 is -1.38. The van der Waals surface area contributed by atoms with E-state index in [1.165, 1.54) is 0 Å². The Hall–Kier alpha value is -0.480. The van der Waals surface area contributed by atoms with Crippen LogP contribution in [0.5, 0.6) is 0 Å². The van der Waals surface area contributed by atoms with Gasteiger partial charge in [0.1, 0.15) is 16.5 Å². The summed E-state index contributed by atoms with van der Waals surface area (Å²) in [6, 6.07) is 3.14. The summed E-state index contributed by atoms with van der Waals surface area (Å²) in [5.74, 6) is 0.622. The molecular weight excluding hydrogens is 428 g/mol. The van der Waals surface area contributed by atoms with Gasteiger partial charge < -0.3 is 27.6 Å². The van der Waals surface area contributed by atoms with Crippen molar-refractivity contribution >= 4 is 25.6 Å². The van der Waals surface area contributed by atoms with Crippen LogP contribution in [-0.2, 0) is 30.0 Å². The molecule has 0 bridgehead atoms. The molecule has 10 heteroatoms. The van der Waals surface area contributed by atoms with Crippen LogP contribution < -0.4 is 4.72 Å². The summed E-state index contributed by atoms with van der Waals surface area (Å²) in [5, 5.41) is 0. The summed E-state index contributed by atoms with van der Waals surface area (Å²) < 4.78 is 47.6. The molecule has 3 rings (SSSR count).